The molecule has 2 N–H and O–H groups in total. The number of furan rings is 1. The van der Waals surface area contributed by atoms with E-state index in [-0.39, 0.29) is 28.6 Å². The van der Waals surface area contributed by atoms with Crippen molar-refractivity contribution in [3.63, 3.8) is 0 Å². The molecular formula is C21H17ClF2N2O4. The average Bonchev–Trinajstić information content (AvgIpc) is 3.25. The molecule has 0 bridgehead atoms. The summed E-state index contributed by atoms with van der Waals surface area (Å²) in [4.78, 5) is 25.2. The molecule has 3 rings (SSSR count). The van der Waals surface area contributed by atoms with Crippen molar-refractivity contribution in [2.75, 3.05) is 5.32 Å². The van der Waals surface area contributed by atoms with Crippen LogP contribution in [0.1, 0.15) is 16.1 Å². The summed E-state index contributed by atoms with van der Waals surface area (Å²) in [6.07, 6.45) is 1.58. The van der Waals surface area contributed by atoms with Crippen molar-refractivity contribution in [1.29, 1.82) is 0 Å². The molecule has 2 amide bonds. The molecule has 6 nitrogen and oxygen atoms in total. The van der Waals surface area contributed by atoms with Crippen molar-refractivity contribution >= 4 is 29.1 Å². The number of nitrogens with one attached hydrogen (secondary N) is 2. The van der Waals surface area contributed by atoms with Crippen LogP contribution in [0.4, 0.5) is 14.5 Å². The smallest absolute Gasteiger partial charge is 0.387 e. The molecule has 1 unspecified atom stereocenters. The Kier molecular flexibility index (Phi) is 7.03. The fraction of sp³-hybridized carbons (Fsp3) is 0.143. The van der Waals surface area contributed by atoms with Crippen LogP contribution in [0.3, 0.4) is 0 Å². The summed E-state index contributed by atoms with van der Waals surface area (Å²) >= 11 is 5.93. The Morgan fingerprint density at radius 3 is 2.47 bits per heavy atom. The van der Waals surface area contributed by atoms with Gasteiger partial charge in [-0.05, 0) is 35.9 Å². The quantitative estimate of drug-likeness (QED) is 0.546. The van der Waals surface area contributed by atoms with Crippen LogP contribution in [-0.2, 0) is 11.2 Å². The number of hydrogen-bond donors (Lipinski definition) is 2. The minimum Gasteiger partial charge on any atom is -0.459 e. The summed E-state index contributed by atoms with van der Waals surface area (Å²) in [7, 11) is 0. The largest absolute Gasteiger partial charge is 0.459 e. The molecule has 0 radical (unpaired) electrons. The fourth-order valence-corrected chi connectivity index (χ4v) is 2.92. The average molecular weight is 435 g/mol. The van der Waals surface area contributed by atoms with Gasteiger partial charge in [0.2, 0.25) is 5.91 Å². The molecule has 3 aromatic rings. The van der Waals surface area contributed by atoms with Crippen LogP contribution in [0.2, 0.25) is 5.02 Å². The molecule has 0 fully saturated rings. The van der Waals surface area contributed by atoms with E-state index in [1.54, 1.807) is 6.07 Å². The normalized spacial score (nSPS) is 11.7. The topological polar surface area (TPSA) is 80.6 Å². The van der Waals surface area contributed by atoms with Crippen molar-refractivity contribution in [3.05, 3.63) is 83.3 Å². The lowest BCUT2D eigenvalue weighted by atomic mass is 10.0. The molecule has 9 heteroatoms. The molecule has 0 spiro atoms. The number of halogens is 3. The molecule has 30 heavy (non-hydrogen) atoms. The summed E-state index contributed by atoms with van der Waals surface area (Å²) in [6.45, 7) is -3.02. The number of ether oxygens (including phenoxy) is 1. The number of carbonyl (C=O) groups excluding carboxylic acids is 2. The summed E-state index contributed by atoms with van der Waals surface area (Å²) in [5, 5.41) is 5.17. The van der Waals surface area contributed by atoms with Gasteiger partial charge >= 0.3 is 6.61 Å². The zero-order chi connectivity index (χ0) is 21.5. The zero-order valence-corrected chi connectivity index (χ0v) is 16.2. The highest BCUT2D eigenvalue weighted by molar-refractivity contribution is 6.32. The van der Waals surface area contributed by atoms with E-state index in [0.717, 1.165) is 5.56 Å². The third-order valence-corrected chi connectivity index (χ3v) is 4.36. The van der Waals surface area contributed by atoms with Crippen molar-refractivity contribution in [3.8, 4) is 5.75 Å². The zero-order valence-electron chi connectivity index (χ0n) is 15.5. The van der Waals surface area contributed by atoms with Gasteiger partial charge in [0, 0.05) is 12.1 Å². The van der Waals surface area contributed by atoms with Gasteiger partial charge in [0.25, 0.3) is 5.91 Å². The van der Waals surface area contributed by atoms with Crippen molar-refractivity contribution in [2.24, 2.45) is 0 Å². The number of rotatable bonds is 8. The van der Waals surface area contributed by atoms with E-state index in [1.807, 2.05) is 30.3 Å². The third kappa shape index (κ3) is 5.81. The van der Waals surface area contributed by atoms with Crippen LogP contribution in [0.5, 0.6) is 5.75 Å². The molecule has 1 atom stereocenters. The van der Waals surface area contributed by atoms with E-state index in [4.69, 9.17) is 16.0 Å². The van der Waals surface area contributed by atoms with Crippen LogP contribution < -0.4 is 15.4 Å². The lowest BCUT2D eigenvalue weighted by Gasteiger charge is -2.18. The van der Waals surface area contributed by atoms with Gasteiger partial charge in [-0.25, -0.2) is 0 Å². The third-order valence-electron chi connectivity index (χ3n) is 4.06. The molecule has 0 saturated heterocycles. The summed E-state index contributed by atoms with van der Waals surface area (Å²) in [5.74, 6) is -1.21. The molecule has 1 heterocycles. The first-order chi connectivity index (χ1) is 14.4. The SMILES string of the molecule is O=C(NC(Cc1ccccc1)C(=O)Nc1ccc(OC(F)F)c(Cl)c1)c1ccco1. The van der Waals surface area contributed by atoms with E-state index in [1.165, 1.54) is 30.5 Å². The predicted molar refractivity (Wildman–Crippen MR) is 107 cm³/mol. The van der Waals surface area contributed by atoms with E-state index >= 15 is 0 Å². The van der Waals surface area contributed by atoms with Gasteiger partial charge in [-0.15, -0.1) is 0 Å². The van der Waals surface area contributed by atoms with Gasteiger partial charge in [-0.1, -0.05) is 41.9 Å². The lowest BCUT2D eigenvalue weighted by Crippen LogP contribution is -2.45. The van der Waals surface area contributed by atoms with Gasteiger partial charge in [0.15, 0.2) is 5.76 Å². The highest BCUT2D eigenvalue weighted by Gasteiger charge is 2.23. The number of anilines is 1. The lowest BCUT2D eigenvalue weighted by molar-refractivity contribution is -0.118. The second-order valence-electron chi connectivity index (χ2n) is 6.21. The van der Waals surface area contributed by atoms with Gasteiger partial charge in [0.05, 0.1) is 11.3 Å². The maximum atomic E-state index is 12.8. The van der Waals surface area contributed by atoms with Gasteiger partial charge in [-0.2, -0.15) is 8.78 Å². The molecule has 156 valence electrons. The number of carbonyl (C=O) groups is 2. The van der Waals surface area contributed by atoms with Gasteiger partial charge in [0.1, 0.15) is 11.8 Å². The van der Waals surface area contributed by atoms with Gasteiger partial charge < -0.3 is 19.8 Å². The fourth-order valence-electron chi connectivity index (χ4n) is 2.70. The van der Waals surface area contributed by atoms with E-state index in [0.29, 0.717) is 0 Å². The summed E-state index contributed by atoms with van der Waals surface area (Å²) in [5.41, 5.74) is 1.09. The monoisotopic (exact) mass is 434 g/mol. The van der Waals surface area contributed by atoms with Crippen LogP contribution >= 0.6 is 11.6 Å². The van der Waals surface area contributed by atoms with E-state index in [9.17, 15) is 18.4 Å². The van der Waals surface area contributed by atoms with Crippen LogP contribution in [0, 0.1) is 0 Å². The minimum absolute atomic E-state index is 0.0670. The van der Waals surface area contributed by atoms with Crippen LogP contribution in [0.15, 0.2) is 71.3 Å². The van der Waals surface area contributed by atoms with Crippen molar-refractivity contribution in [2.45, 2.75) is 19.1 Å². The van der Waals surface area contributed by atoms with Crippen molar-refractivity contribution < 1.29 is 27.5 Å². The second-order valence-corrected chi connectivity index (χ2v) is 6.61. The first kappa shape index (κ1) is 21.3. The predicted octanol–water partition coefficient (Wildman–Crippen LogP) is 4.51. The maximum absolute atomic E-state index is 12.8. The Bertz CT molecular complexity index is 998. The highest BCUT2D eigenvalue weighted by atomic mass is 35.5. The highest BCUT2D eigenvalue weighted by Crippen LogP contribution is 2.29. The number of amides is 2. The first-order valence-electron chi connectivity index (χ1n) is 8.86. The Balaban J connectivity index is 1.75. The molecule has 0 aliphatic rings. The number of alkyl halides is 2. The number of benzene rings is 2. The molecule has 1 aromatic heterocycles. The second kappa shape index (κ2) is 9.89. The molecule has 0 aliphatic carbocycles. The van der Waals surface area contributed by atoms with Crippen LogP contribution in [0.25, 0.3) is 0 Å². The van der Waals surface area contributed by atoms with Crippen molar-refractivity contribution in [1.82, 2.24) is 5.32 Å². The Hall–Kier alpha value is -3.39. The standard InChI is InChI=1S/C21H17ClF2N2O4/c22-15-12-14(8-9-17(15)30-21(23)24)25-19(27)16(11-13-5-2-1-3-6-13)26-20(28)18-7-4-10-29-18/h1-10,12,16,21H,11H2,(H,25,27)(H,26,28). The first-order valence-corrected chi connectivity index (χ1v) is 9.23. The molecule has 0 saturated carbocycles. The van der Waals surface area contributed by atoms with Crippen LogP contribution in [-0.4, -0.2) is 24.5 Å². The molecular weight excluding hydrogens is 418 g/mol. The summed E-state index contributed by atoms with van der Waals surface area (Å²) < 4.78 is 34.1. The molecule has 2 aromatic carbocycles. The summed E-state index contributed by atoms with van der Waals surface area (Å²) in [6, 6.07) is 15.1. The van der Waals surface area contributed by atoms with E-state index in [2.05, 4.69) is 15.4 Å². The number of hydrogen-bond acceptors (Lipinski definition) is 4. The maximum Gasteiger partial charge on any atom is 0.387 e. The van der Waals surface area contributed by atoms with Gasteiger partial charge in [-0.3, -0.25) is 9.59 Å². The Labute approximate surface area is 175 Å². The van der Waals surface area contributed by atoms with E-state index < -0.39 is 24.5 Å². The Morgan fingerprint density at radius 2 is 1.83 bits per heavy atom. The Morgan fingerprint density at radius 1 is 1.07 bits per heavy atom. The minimum atomic E-state index is -3.02. The molecule has 0 aliphatic heterocycles.